The van der Waals surface area contributed by atoms with Crippen molar-refractivity contribution in [1.82, 2.24) is 14.3 Å². The van der Waals surface area contributed by atoms with Gasteiger partial charge in [0.05, 0.1) is 11.3 Å². The fraction of sp³-hybridized carbons (Fsp3) is 0.176. The molecule has 0 saturated carbocycles. The van der Waals surface area contributed by atoms with E-state index in [4.69, 9.17) is 17.3 Å². The number of halogens is 4. The van der Waals surface area contributed by atoms with Gasteiger partial charge in [0.2, 0.25) is 5.91 Å². The molecule has 0 fully saturated rings. The Labute approximate surface area is 162 Å². The first-order chi connectivity index (χ1) is 13.1. The minimum Gasteiger partial charge on any atom is -0.368 e. The van der Waals surface area contributed by atoms with Crippen LogP contribution in [0.25, 0.3) is 11.3 Å². The maximum Gasteiger partial charge on any atom is 0.416 e. The van der Waals surface area contributed by atoms with Crippen molar-refractivity contribution in [2.24, 2.45) is 10.7 Å². The zero-order valence-corrected chi connectivity index (χ0v) is 15.3. The predicted octanol–water partition coefficient (Wildman–Crippen LogP) is 2.72. The average Bonchev–Trinajstić information content (AvgIpc) is 2.94. The minimum atomic E-state index is -4.51. The highest BCUT2D eigenvalue weighted by molar-refractivity contribution is 6.25. The number of carbonyl (C=O) groups is 1. The molecule has 0 aliphatic rings. The summed E-state index contributed by atoms with van der Waals surface area (Å²) in [6.45, 7) is 1.14. The molecular formula is C17H15ClF3N5O2. The van der Waals surface area contributed by atoms with Gasteiger partial charge >= 0.3 is 11.9 Å². The molecule has 1 amide bonds. The van der Waals surface area contributed by atoms with Crippen LogP contribution in [-0.4, -0.2) is 26.5 Å². The quantitative estimate of drug-likeness (QED) is 0.737. The Balaban J connectivity index is 2.59. The monoisotopic (exact) mass is 413 g/mol. The van der Waals surface area contributed by atoms with E-state index in [1.807, 2.05) is 0 Å². The van der Waals surface area contributed by atoms with Crippen LogP contribution in [0.3, 0.4) is 0 Å². The number of rotatable bonds is 6. The summed E-state index contributed by atoms with van der Waals surface area (Å²) >= 11 is 5.36. The van der Waals surface area contributed by atoms with E-state index in [9.17, 15) is 22.8 Å². The van der Waals surface area contributed by atoms with E-state index in [1.54, 1.807) is 6.92 Å². The number of aliphatic imine (C=N–C) groups is 1. The van der Waals surface area contributed by atoms with Crippen molar-refractivity contribution in [3.8, 4) is 5.69 Å². The summed E-state index contributed by atoms with van der Waals surface area (Å²) in [6.07, 6.45) is -0.276. The topological polar surface area (TPSA) is 95.3 Å². The zero-order valence-electron chi connectivity index (χ0n) is 14.5. The maximum absolute atomic E-state index is 12.8. The molecule has 0 aliphatic heterocycles. The molecular weight excluding hydrogens is 399 g/mol. The van der Waals surface area contributed by atoms with Crippen LogP contribution in [-0.2, 0) is 17.5 Å². The summed E-state index contributed by atoms with van der Waals surface area (Å²) in [4.78, 5) is 27.7. The van der Waals surface area contributed by atoms with Crippen LogP contribution in [0.4, 0.5) is 13.2 Å². The van der Waals surface area contributed by atoms with Gasteiger partial charge in [-0.2, -0.15) is 13.2 Å². The van der Waals surface area contributed by atoms with Crippen molar-refractivity contribution >= 4 is 29.3 Å². The van der Waals surface area contributed by atoms with Crippen LogP contribution in [0.1, 0.15) is 18.3 Å². The molecule has 2 aromatic rings. The van der Waals surface area contributed by atoms with Crippen molar-refractivity contribution in [1.29, 1.82) is 0 Å². The highest BCUT2D eigenvalue weighted by Crippen LogP contribution is 2.29. The summed E-state index contributed by atoms with van der Waals surface area (Å²) in [6, 6.07) is 3.98. The number of primary amides is 1. The largest absolute Gasteiger partial charge is 0.416 e. The lowest BCUT2D eigenvalue weighted by Crippen LogP contribution is -2.30. The molecule has 11 heteroatoms. The van der Waals surface area contributed by atoms with E-state index in [-0.39, 0.29) is 11.5 Å². The summed E-state index contributed by atoms with van der Waals surface area (Å²) in [7, 11) is 0. The van der Waals surface area contributed by atoms with E-state index in [1.165, 1.54) is 24.0 Å². The lowest BCUT2D eigenvalue weighted by molar-refractivity contribution is -0.137. The number of allylic oxidation sites excluding steroid dienone is 2. The number of carbonyl (C=O) groups excluding carboxylic acids is 1. The zero-order chi connectivity index (χ0) is 20.9. The van der Waals surface area contributed by atoms with Crippen LogP contribution in [0.2, 0.25) is 0 Å². The first-order valence-electron chi connectivity index (χ1n) is 7.76. The van der Waals surface area contributed by atoms with E-state index in [0.29, 0.717) is 5.57 Å². The standard InChI is InChI=1S/C17H15ClF3N5O2/c1-11(6-8-23-9-7-18)15-24-25(10-14(22)27)16(28)26(15)13-4-2-12(3-5-13)17(19,20)21/h2-9H,10H2,1H3,(H2,22,27)/b9-7+,11-6+,23-8-. The molecule has 0 atom stereocenters. The molecule has 1 aromatic heterocycles. The number of alkyl halides is 3. The Morgan fingerprint density at radius 3 is 2.50 bits per heavy atom. The number of hydrogen-bond acceptors (Lipinski definition) is 4. The van der Waals surface area contributed by atoms with Gasteiger partial charge in [-0.15, -0.1) is 5.10 Å². The number of benzene rings is 1. The molecule has 2 rings (SSSR count). The van der Waals surface area contributed by atoms with Crippen molar-refractivity contribution < 1.29 is 18.0 Å². The molecule has 0 radical (unpaired) electrons. The van der Waals surface area contributed by atoms with Crippen molar-refractivity contribution in [3.63, 3.8) is 0 Å². The van der Waals surface area contributed by atoms with Gasteiger partial charge in [0.15, 0.2) is 5.82 Å². The van der Waals surface area contributed by atoms with Gasteiger partial charge in [0.25, 0.3) is 0 Å². The maximum atomic E-state index is 12.8. The van der Waals surface area contributed by atoms with Gasteiger partial charge in [-0.05, 0) is 42.8 Å². The van der Waals surface area contributed by atoms with Gasteiger partial charge in [0, 0.05) is 17.9 Å². The number of hydrogen-bond donors (Lipinski definition) is 1. The third-order valence-corrected chi connectivity index (χ3v) is 3.62. The highest BCUT2D eigenvalue weighted by atomic mass is 35.5. The van der Waals surface area contributed by atoms with Crippen LogP contribution < -0.4 is 11.4 Å². The van der Waals surface area contributed by atoms with Crippen molar-refractivity contribution in [2.45, 2.75) is 19.6 Å². The Hall–Kier alpha value is -3.14. The average molecular weight is 414 g/mol. The lowest BCUT2D eigenvalue weighted by atomic mass is 10.2. The fourth-order valence-corrected chi connectivity index (χ4v) is 2.32. The predicted molar refractivity (Wildman–Crippen MR) is 99.2 cm³/mol. The molecule has 148 valence electrons. The molecule has 2 N–H and O–H groups in total. The second-order valence-corrected chi connectivity index (χ2v) is 5.79. The second-order valence-electron chi connectivity index (χ2n) is 5.53. The highest BCUT2D eigenvalue weighted by Gasteiger charge is 2.30. The molecule has 28 heavy (non-hydrogen) atoms. The molecule has 1 heterocycles. The van der Waals surface area contributed by atoms with E-state index in [0.717, 1.165) is 33.5 Å². The first kappa shape index (κ1) is 21.2. The second kappa shape index (κ2) is 8.70. The third kappa shape index (κ3) is 4.97. The number of nitrogens with two attached hydrogens (primary N) is 1. The SMILES string of the molecule is C\C(=C/C=N\C=C\Cl)c1nn(CC(N)=O)c(=O)n1-c1ccc(C(F)(F)F)cc1. The molecule has 0 spiro atoms. The van der Waals surface area contributed by atoms with Crippen LogP contribution in [0.15, 0.2) is 51.9 Å². The molecule has 7 nitrogen and oxygen atoms in total. The summed E-state index contributed by atoms with van der Waals surface area (Å²) < 4.78 is 40.3. The van der Waals surface area contributed by atoms with Crippen molar-refractivity contribution in [3.05, 3.63) is 63.9 Å². The smallest absolute Gasteiger partial charge is 0.368 e. The van der Waals surface area contributed by atoms with E-state index < -0.39 is 29.9 Å². The van der Waals surface area contributed by atoms with Crippen LogP contribution in [0.5, 0.6) is 0 Å². The number of amides is 1. The lowest BCUT2D eigenvalue weighted by Gasteiger charge is -2.09. The fourth-order valence-electron chi connectivity index (χ4n) is 2.26. The van der Waals surface area contributed by atoms with Gasteiger partial charge in [-0.1, -0.05) is 11.6 Å². The molecule has 0 unspecified atom stereocenters. The normalized spacial score (nSPS) is 13.0. The summed E-state index contributed by atoms with van der Waals surface area (Å²) in [5.74, 6) is -0.673. The van der Waals surface area contributed by atoms with Gasteiger partial charge in [-0.3, -0.25) is 9.79 Å². The van der Waals surface area contributed by atoms with Crippen molar-refractivity contribution in [2.75, 3.05) is 0 Å². The van der Waals surface area contributed by atoms with Gasteiger partial charge in [-0.25, -0.2) is 14.0 Å². The molecule has 0 bridgehead atoms. The summed E-state index contributed by atoms with van der Waals surface area (Å²) in [5.41, 5.74) is 5.34. The van der Waals surface area contributed by atoms with E-state index >= 15 is 0 Å². The minimum absolute atomic E-state index is 0.118. The molecule has 0 saturated heterocycles. The number of aromatic nitrogens is 3. The van der Waals surface area contributed by atoms with E-state index in [2.05, 4.69) is 10.1 Å². The van der Waals surface area contributed by atoms with Gasteiger partial charge < -0.3 is 5.73 Å². The number of nitrogens with zero attached hydrogens (tertiary/aromatic N) is 4. The molecule has 0 aliphatic carbocycles. The Bertz CT molecular complexity index is 1000. The van der Waals surface area contributed by atoms with Crippen LogP contribution >= 0.6 is 11.6 Å². The Kier molecular flexibility index (Phi) is 6.57. The Morgan fingerprint density at radius 1 is 1.32 bits per heavy atom. The van der Waals surface area contributed by atoms with Crippen LogP contribution in [0, 0.1) is 0 Å². The Morgan fingerprint density at radius 2 is 1.96 bits per heavy atom. The summed E-state index contributed by atoms with van der Waals surface area (Å²) in [5, 5.41) is 4.07. The molecule has 1 aromatic carbocycles. The first-order valence-corrected chi connectivity index (χ1v) is 8.20. The van der Waals surface area contributed by atoms with Gasteiger partial charge in [0.1, 0.15) is 6.54 Å². The third-order valence-electron chi connectivity index (χ3n) is 3.50.